The molecule has 0 saturated heterocycles. The van der Waals surface area contributed by atoms with Gasteiger partial charge >= 0.3 is 51.4 Å². The summed E-state index contributed by atoms with van der Waals surface area (Å²) < 4.78 is 61.5. The van der Waals surface area contributed by atoms with E-state index in [2.05, 4.69) is 0 Å². The third-order valence-corrected chi connectivity index (χ3v) is 3.68. The first-order valence-electron chi connectivity index (χ1n) is 4.38. The minimum absolute atomic E-state index is 0. The molecule has 0 spiro atoms. The van der Waals surface area contributed by atoms with Crippen LogP contribution in [0.1, 0.15) is 13.9 Å². The quantitative estimate of drug-likeness (QED) is 0.509. The summed E-state index contributed by atoms with van der Waals surface area (Å²) in [4.78, 5) is -0.874. The van der Waals surface area contributed by atoms with Crippen molar-refractivity contribution in [2.24, 2.45) is 0 Å². The van der Waals surface area contributed by atoms with E-state index in [1.165, 1.54) is 12.2 Å². The molecule has 0 bridgehead atoms. The van der Waals surface area contributed by atoms with Crippen molar-refractivity contribution in [2.45, 2.75) is 16.7 Å². The van der Waals surface area contributed by atoms with Crippen molar-refractivity contribution in [1.29, 1.82) is 0 Å². The van der Waals surface area contributed by atoms with Crippen LogP contribution in [-0.2, 0) is 20.2 Å². The standard InChI is InChI=1S/C9H10O6S2.K.H/c1-2-3-7-6-8(16(10,11)12)4-5-9(7)17(13,14)15;;/h2-6H,1H3,(H,10,11,12)(H,13,14,15);;/q;+1;-1. The van der Waals surface area contributed by atoms with Crippen molar-refractivity contribution in [1.82, 2.24) is 0 Å². The fourth-order valence-electron chi connectivity index (χ4n) is 1.23. The van der Waals surface area contributed by atoms with Crippen LogP contribution in [0.25, 0.3) is 6.08 Å². The number of hydrogen-bond donors (Lipinski definition) is 2. The Labute approximate surface area is 150 Å². The fourth-order valence-corrected chi connectivity index (χ4v) is 2.41. The van der Waals surface area contributed by atoms with E-state index in [0.717, 1.165) is 18.2 Å². The molecule has 9 heteroatoms. The Kier molecular flexibility index (Phi) is 6.88. The SMILES string of the molecule is CC=Cc1cc(S(=O)(=O)O)ccc1S(=O)(=O)O.[H-].[K+]. The van der Waals surface area contributed by atoms with E-state index < -0.39 is 30.0 Å². The summed E-state index contributed by atoms with van der Waals surface area (Å²) in [5, 5.41) is 0. The van der Waals surface area contributed by atoms with Crippen LogP contribution in [0, 0.1) is 0 Å². The average molecular weight is 318 g/mol. The van der Waals surface area contributed by atoms with E-state index in [9.17, 15) is 16.8 Å². The number of hydrogen-bond acceptors (Lipinski definition) is 4. The van der Waals surface area contributed by atoms with Crippen molar-refractivity contribution in [2.75, 3.05) is 0 Å². The van der Waals surface area contributed by atoms with Crippen LogP contribution in [0.3, 0.4) is 0 Å². The van der Waals surface area contributed by atoms with Gasteiger partial charge in [0.25, 0.3) is 20.2 Å². The zero-order chi connectivity index (χ0) is 13.3. The molecule has 1 rings (SSSR count). The topological polar surface area (TPSA) is 109 Å². The molecule has 0 aliphatic rings. The van der Waals surface area contributed by atoms with Gasteiger partial charge < -0.3 is 1.43 Å². The predicted molar refractivity (Wildman–Crippen MR) is 61.9 cm³/mol. The van der Waals surface area contributed by atoms with Gasteiger partial charge in [-0.05, 0) is 30.7 Å². The molecule has 0 unspecified atom stereocenters. The van der Waals surface area contributed by atoms with Crippen molar-refractivity contribution >= 4 is 26.3 Å². The zero-order valence-corrected chi connectivity index (χ0v) is 14.5. The molecule has 0 heterocycles. The number of allylic oxidation sites excluding steroid dienone is 1. The summed E-state index contributed by atoms with van der Waals surface area (Å²) in [5.41, 5.74) is -0.0230. The Morgan fingerprint density at radius 1 is 1.11 bits per heavy atom. The van der Waals surface area contributed by atoms with Crippen LogP contribution in [-0.4, -0.2) is 25.9 Å². The molecule has 0 aromatic heterocycles. The maximum atomic E-state index is 11.0. The summed E-state index contributed by atoms with van der Waals surface area (Å²) in [5.74, 6) is 0. The van der Waals surface area contributed by atoms with Gasteiger partial charge in [0, 0.05) is 0 Å². The van der Waals surface area contributed by atoms with Crippen LogP contribution < -0.4 is 51.4 Å². The van der Waals surface area contributed by atoms with Gasteiger partial charge in [0.2, 0.25) is 0 Å². The smallest absolute Gasteiger partial charge is 1.00 e. The monoisotopic (exact) mass is 318 g/mol. The van der Waals surface area contributed by atoms with Gasteiger partial charge in [-0.2, -0.15) is 16.8 Å². The van der Waals surface area contributed by atoms with Crippen molar-refractivity contribution in [3.63, 3.8) is 0 Å². The average Bonchev–Trinajstić information content (AvgIpc) is 2.15. The molecule has 2 N–H and O–H groups in total. The second kappa shape index (κ2) is 6.73. The van der Waals surface area contributed by atoms with Gasteiger partial charge in [-0.15, -0.1) is 0 Å². The fraction of sp³-hybridized carbons (Fsp3) is 0.111. The van der Waals surface area contributed by atoms with E-state index in [-0.39, 0.29) is 58.4 Å². The second-order valence-electron chi connectivity index (χ2n) is 3.15. The molecule has 0 atom stereocenters. The molecule has 0 radical (unpaired) electrons. The van der Waals surface area contributed by atoms with Gasteiger partial charge in [-0.3, -0.25) is 9.11 Å². The van der Waals surface area contributed by atoms with E-state index in [1.54, 1.807) is 6.92 Å². The minimum atomic E-state index is -4.45. The summed E-state index contributed by atoms with van der Waals surface area (Å²) in [6.07, 6.45) is 2.77. The van der Waals surface area contributed by atoms with Gasteiger partial charge in [0.15, 0.2) is 0 Å². The number of benzene rings is 1. The van der Waals surface area contributed by atoms with Gasteiger partial charge in [-0.25, -0.2) is 0 Å². The molecule has 0 saturated carbocycles. The van der Waals surface area contributed by atoms with Crippen molar-refractivity contribution < 1.29 is 78.8 Å². The van der Waals surface area contributed by atoms with Crippen LogP contribution in [0.4, 0.5) is 0 Å². The van der Waals surface area contributed by atoms with Crippen LogP contribution >= 0.6 is 0 Å². The number of rotatable bonds is 3. The molecule has 6 nitrogen and oxygen atoms in total. The van der Waals surface area contributed by atoms with E-state index in [1.807, 2.05) is 0 Å². The molecule has 1 aromatic carbocycles. The van der Waals surface area contributed by atoms with E-state index >= 15 is 0 Å². The Morgan fingerprint density at radius 3 is 2.06 bits per heavy atom. The second-order valence-corrected chi connectivity index (χ2v) is 5.96. The van der Waals surface area contributed by atoms with Crippen molar-refractivity contribution in [3.8, 4) is 0 Å². The van der Waals surface area contributed by atoms with Crippen LogP contribution in [0.15, 0.2) is 34.1 Å². The van der Waals surface area contributed by atoms with Gasteiger partial charge in [0.1, 0.15) is 4.90 Å². The van der Waals surface area contributed by atoms with Crippen LogP contribution in [0.5, 0.6) is 0 Å². The van der Waals surface area contributed by atoms with E-state index in [4.69, 9.17) is 9.11 Å². The molecule has 0 aliphatic heterocycles. The Bertz CT molecular complexity index is 666. The van der Waals surface area contributed by atoms with Crippen molar-refractivity contribution in [3.05, 3.63) is 29.8 Å². The normalized spacial score (nSPS) is 12.4. The molecule has 1 aromatic rings. The summed E-state index contributed by atoms with van der Waals surface area (Å²) in [6, 6.07) is 2.76. The maximum absolute atomic E-state index is 11.0. The molecular weight excluding hydrogens is 307 g/mol. The summed E-state index contributed by atoms with van der Waals surface area (Å²) in [6.45, 7) is 1.59. The zero-order valence-electron chi connectivity index (χ0n) is 10.7. The molecular formula is C9H11KO6S2. The third kappa shape index (κ3) is 4.83. The van der Waals surface area contributed by atoms with Gasteiger partial charge in [-0.1, -0.05) is 12.2 Å². The first-order chi connectivity index (χ1) is 7.66. The Morgan fingerprint density at radius 2 is 1.67 bits per heavy atom. The third-order valence-electron chi connectivity index (χ3n) is 1.90. The molecule has 18 heavy (non-hydrogen) atoms. The molecule has 96 valence electrons. The predicted octanol–water partition coefficient (Wildman–Crippen LogP) is -1.67. The first kappa shape index (κ1) is 18.4. The first-order valence-corrected chi connectivity index (χ1v) is 7.26. The molecule has 0 amide bonds. The Balaban J connectivity index is 0. The molecule has 0 aliphatic carbocycles. The van der Waals surface area contributed by atoms with Gasteiger partial charge in [0.05, 0.1) is 4.90 Å². The van der Waals surface area contributed by atoms with E-state index in [0.29, 0.717) is 0 Å². The maximum Gasteiger partial charge on any atom is 1.00 e. The minimum Gasteiger partial charge on any atom is -1.00 e. The summed E-state index contributed by atoms with van der Waals surface area (Å²) in [7, 11) is -8.86. The Hall–Kier alpha value is 0.416. The molecule has 0 fully saturated rings. The summed E-state index contributed by atoms with van der Waals surface area (Å²) >= 11 is 0. The largest absolute Gasteiger partial charge is 1.00 e. The van der Waals surface area contributed by atoms with Crippen LogP contribution in [0.2, 0.25) is 0 Å².